The van der Waals surface area contributed by atoms with Gasteiger partial charge in [-0.25, -0.2) is 15.0 Å². The maximum atomic E-state index is 4.41. The van der Waals surface area contributed by atoms with Crippen LogP contribution in [0.5, 0.6) is 0 Å². The Hall–Kier alpha value is -1.95. The van der Waals surface area contributed by atoms with Gasteiger partial charge in [0, 0.05) is 24.8 Å². The zero-order chi connectivity index (χ0) is 13.5. The third-order valence-corrected chi connectivity index (χ3v) is 4.14. The first-order valence-electron chi connectivity index (χ1n) is 6.02. The molecule has 19 heavy (non-hydrogen) atoms. The van der Waals surface area contributed by atoms with Crippen molar-refractivity contribution < 1.29 is 0 Å². The number of aryl methyl sites for hydroxylation is 1. The summed E-state index contributed by atoms with van der Waals surface area (Å²) in [5.41, 5.74) is 1.68. The first-order chi connectivity index (χ1) is 9.08. The van der Waals surface area contributed by atoms with Crippen LogP contribution in [0.2, 0.25) is 0 Å². The van der Waals surface area contributed by atoms with Crippen molar-refractivity contribution in [2.24, 2.45) is 7.05 Å². The number of nitrogens with one attached hydrogen (secondary N) is 1. The number of hydrogen-bond donors (Lipinski definition) is 1. The summed E-state index contributed by atoms with van der Waals surface area (Å²) in [5.74, 6) is 0.790. The monoisotopic (exact) mass is 273 g/mol. The lowest BCUT2D eigenvalue weighted by Gasteiger charge is -2.24. The Balaban J connectivity index is 2.02. The molecule has 0 aromatic carbocycles. The molecule has 0 bridgehead atoms. The molecule has 0 amide bonds. The lowest BCUT2D eigenvalue weighted by molar-refractivity contribution is 0.602. The summed E-state index contributed by atoms with van der Waals surface area (Å²) in [7, 11) is 1.98. The van der Waals surface area contributed by atoms with Crippen LogP contribution in [0, 0.1) is 0 Å². The number of aromatic nitrogens is 4. The van der Waals surface area contributed by atoms with Crippen molar-refractivity contribution >= 4 is 28.2 Å². The minimum Gasteiger partial charge on any atom is -0.357 e. The smallest absolute Gasteiger partial charge is 0.154 e. The number of rotatable bonds is 3. The van der Waals surface area contributed by atoms with Crippen LogP contribution in [0.15, 0.2) is 30.2 Å². The van der Waals surface area contributed by atoms with Crippen molar-refractivity contribution in [3.05, 3.63) is 35.2 Å². The average molecular weight is 273 g/mol. The fourth-order valence-electron chi connectivity index (χ4n) is 2.04. The van der Waals surface area contributed by atoms with Crippen LogP contribution in [0.1, 0.15) is 18.9 Å². The summed E-state index contributed by atoms with van der Waals surface area (Å²) in [4.78, 5) is 13.2. The highest BCUT2D eigenvalue weighted by molar-refractivity contribution is 7.09. The van der Waals surface area contributed by atoms with E-state index in [0.717, 1.165) is 21.9 Å². The molecule has 0 aliphatic heterocycles. The highest BCUT2D eigenvalue weighted by Gasteiger charge is 2.24. The second-order valence-electron chi connectivity index (χ2n) is 4.97. The number of pyridine rings is 1. The Morgan fingerprint density at radius 2 is 2.05 bits per heavy atom. The van der Waals surface area contributed by atoms with Gasteiger partial charge in [-0.2, -0.15) is 0 Å². The van der Waals surface area contributed by atoms with Crippen molar-refractivity contribution in [2.75, 3.05) is 5.32 Å². The van der Waals surface area contributed by atoms with Crippen molar-refractivity contribution in [1.82, 2.24) is 19.5 Å². The largest absolute Gasteiger partial charge is 0.357 e. The number of hydrogen-bond acceptors (Lipinski definition) is 5. The van der Waals surface area contributed by atoms with Crippen LogP contribution in [-0.4, -0.2) is 19.5 Å². The molecule has 0 aliphatic carbocycles. The zero-order valence-corrected chi connectivity index (χ0v) is 11.9. The fraction of sp³-hybridized carbons (Fsp3) is 0.308. The molecule has 3 heterocycles. The van der Waals surface area contributed by atoms with Gasteiger partial charge in [0.15, 0.2) is 5.82 Å². The number of anilines is 1. The molecular formula is C13H15N5S. The highest BCUT2D eigenvalue weighted by Crippen LogP contribution is 2.29. The van der Waals surface area contributed by atoms with E-state index in [4.69, 9.17) is 0 Å². The summed E-state index contributed by atoms with van der Waals surface area (Å²) in [5, 5.41) is 6.45. The van der Waals surface area contributed by atoms with Gasteiger partial charge in [-0.15, -0.1) is 11.3 Å². The molecule has 0 fully saturated rings. The van der Waals surface area contributed by atoms with E-state index in [1.165, 1.54) is 0 Å². The third kappa shape index (κ3) is 2.08. The molecule has 3 aromatic heterocycles. The molecule has 0 saturated heterocycles. The molecule has 3 rings (SSSR count). The Morgan fingerprint density at radius 3 is 2.79 bits per heavy atom. The van der Waals surface area contributed by atoms with Gasteiger partial charge < -0.3 is 9.88 Å². The van der Waals surface area contributed by atoms with Crippen LogP contribution in [0.25, 0.3) is 11.0 Å². The fourth-order valence-corrected chi connectivity index (χ4v) is 2.75. The number of fused-ring (bicyclic) bond motifs is 1. The lowest BCUT2D eigenvalue weighted by atomic mass is 10.1. The SMILES string of the molecule is Cn1cnc2c(NC(C)(C)c3nccs3)nccc21. The topological polar surface area (TPSA) is 55.6 Å². The Labute approximate surface area is 115 Å². The Bertz CT molecular complexity index is 699. The summed E-state index contributed by atoms with van der Waals surface area (Å²) in [6, 6.07) is 1.96. The van der Waals surface area contributed by atoms with E-state index < -0.39 is 0 Å². The average Bonchev–Trinajstić information content (AvgIpc) is 3.00. The molecule has 5 nitrogen and oxygen atoms in total. The summed E-state index contributed by atoms with van der Waals surface area (Å²) < 4.78 is 1.98. The van der Waals surface area contributed by atoms with Gasteiger partial charge >= 0.3 is 0 Å². The van der Waals surface area contributed by atoms with Gasteiger partial charge in [-0.3, -0.25) is 0 Å². The first-order valence-corrected chi connectivity index (χ1v) is 6.90. The van der Waals surface area contributed by atoms with Crippen LogP contribution in [-0.2, 0) is 12.6 Å². The first kappa shape index (κ1) is 12.1. The molecule has 0 unspecified atom stereocenters. The number of thiazole rings is 1. The van der Waals surface area contributed by atoms with Crippen LogP contribution >= 0.6 is 11.3 Å². The minimum atomic E-state index is -0.271. The second kappa shape index (κ2) is 4.31. The molecule has 98 valence electrons. The van der Waals surface area contributed by atoms with Gasteiger partial charge in [0.1, 0.15) is 10.5 Å². The molecule has 6 heteroatoms. The number of imidazole rings is 1. The Morgan fingerprint density at radius 1 is 1.21 bits per heavy atom. The van der Waals surface area contributed by atoms with Crippen LogP contribution < -0.4 is 5.32 Å². The van der Waals surface area contributed by atoms with Gasteiger partial charge in [-0.05, 0) is 19.9 Å². The van der Waals surface area contributed by atoms with E-state index in [1.807, 2.05) is 29.3 Å². The second-order valence-corrected chi connectivity index (χ2v) is 5.86. The maximum Gasteiger partial charge on any atom is 0.154 e. The zero-order valence-electron chi connectivity index (χ0n) is 11.1. The van der Waals surface area contributed by atoms with Crippen molar-refractivity contribution in [3.63, 3.8) is 0 Å². The molecule has 0 saturated carbocycles. The van der Waals surface area contributed by atoms with Gasteiger partial charge in [0.2, 0.25) is 0 Å². The third-order valence-electron chi connectivity index (χ3n) is 3.04. The van der Waals surface area contributed by atoms with Crippen molar-refractivity contribution in [2.45, 2.75) is 19.4 Å². The van der Waals surface area contributed by atoms with E-state index >= 15 is 0 Å². The predicted octanol–water partition coefficient (Wildman–Crippen LogP) is 2.77. The van der Waals surface area contributed by atoms with E-state index in [9.17, 15) is 0 Å². The van der Waals surface area contributed by atoms with Gasteiger partial charge in [0.05, 0.1) is 17.4 Å². The minimum absolute atomic E-state index is 0.271. The predicted molar refractivity (Wildman–Crippen MR) is 77.3 cm³/mol. The standard InChI is InChI=1S/C13H15N5S/c1-13(2,12-15-6-7-19-12)17-11-10-9(4-5-14-11)18(3)8-16-10/h4-8H,1-3H3,(H,14,17). The molecular weight excluding hydrogens is 258 g/mol. The summed E-state index contributed by atoms with van der Waals surface area (Å²) in [6.45, 7) is 4.19. The highest BCUT2D eigenvalue weighted by atomic mass is 32.1. The molecule has 0 atom stereocenters. The van der Waals surface area contributed by atoms with Crippen LogP contribution in [0.4, 0.5) is 5.82 Å². The molecule has 0 radical (unpaired) electrons. The number of nitrogens with zero attached hydrogens (tertiary/aromatic N) is 4. The lowest BCUT2D eigenvalue weighted by Crippen LogP contribution is -2.28. The molecule has 0 aliphatic rings. The van der Waals surface area contributed by atoms with Gasteiger partial charge in [0.25, 0.3) is 0 Å². The summed E-state index contributed by atoms with van der Waals surface area (Å²) >= 11 is 1.63. The van der Waals surface area contributed by atoms with Gasteiger partial charge in [-0.1, -0.05) is 0 Å². The molecule has 1 N–H and O–H groups in total. The summed E-state index contributed by atoms with van der Waals surface area (Å²) in [6.07, 6.45) is 5.41. The van der Waals surface area contributed by atoms with Crippen molar-refractivity contribution in [1.29, 1.82) is 0 Å². The van der Waals surface area contributed by atoms with E-state index in [-0.39, 0.29) is 5.54 Å². The Kier molecular flexibility index (Phi) is 2.74. The van der Waals surface area contributed by atoms with Crippen molar-refractivity contribution in [3.8, 4) is 0 Å². The quantitative estimate of drug-likeness (QED) is 0.797. The molecule has 3 aromatic rings. The maximum absolute atomic E-state index is 4.41. The normalized spacial score (nSPS) is 11.9. The van der Waals surface area contributed by atoms with Crippen LogP contribution in [0.3, 0.4) is 0 Å². The van der Waals surface area contributed by atoms with E-state index in [2.05, 4.69) is 34.1 Å². The molecule has 0 spiro atoms. The van der Waals surface area contributed by atoms with E-state index in [0.29, 0.717) is 0 Å². The van der Waals surface area contributed by atoms with E-state index in [1.54, 1.807) is 23.9 Å².